The minimum atomic E-state index is 0.825. The monoisotopic (exact) mass is 429 g/mol. The summed E-state index contributed by atoms with van der Waals surface area (Å²) < 4.78 is 13.4. The van der Waals surface area contributed by atoms with Crippen LogP contribution in [0.5, 0.6) is 0 Å². The van der Waals surface area contributed by atoms with Crippen molar-refractivity contribution in [2.75, 3.05) is 57.5 Å². The molecule has 0 radical (unpaired) electrons. The summed E-state index contributed by atoms with van der Waals surface area (Å²) in [5.74, 6) is 0. The molecule has 32 heavy (non-hydrogen) atoms. The first-order chi connectivity index (χ1) is 15.8. The quantitative estimate of drug-likeness (QED) is 0.659. The average Bonchev–Trinajstić information content (AvgIpc) is 3.15. The fourth-order valence-corrected chi connectivity index (χ4v) is 4.74. The predicted molar refractivity (Wildman–Crippen MR) is 132 cm³/mol. The van der Waals surface area contributed by atoms with Gasteiger partial charge in [-0.05, 0) is 53.3 Å². The van der Waals surface area contributed by atoms with Crippen molar-refractivity contribution in [1.82, 2.24) is 0 Å². The molecule has 0 N–H and O–H groups in total. The molecule has 0 amide bonds. The van der Waals surface area contributed by atoms with Gasteiger partial charge in [0.15, 0.2) is 18.8 Å². The first-order valence-electron chi connectivity index (χ1n) is 11.9. The molecule has 4 nitrogen and oxygen atoms in total. The van der Waals surface area contributed by atoms with Gasteiger partial charge in [-0.15, -0.1) is 0 Å². The van der Waals surface area contributed by atoms with Crippen LogP contribution in [-0.4, -0.2) is 62.9 Å². The van der Waals surface area contributed by atoms with Crippen LogP contribution in [0.4, 0.5) is 5.69 Å². The standard InChI is InChI=1S/C28H33N2O2/c1-2-23(6-9-27(3-1)29-12-16-31-17-13-29)20-25-4-5-26(22-25)21-24-7-10-28(11-8-24)30-14-18-32-19-15-30/h1-2,6-11,20-22H,3-5,12-19H2/q+1. The van der Waals surface area contributed by atoms with Gasteiger partial charge in [-0.3, -0.25) is 0 Å². The first kappa shape index (κ1) is 21.2. The Morgan fingerprint density at radius 2 is 1.59 bits per heavy atom. The van der Waals surface area contributed by atoms with Gasteiger partial charge in [0, 0.05) is 24.9 Å². The van der Waals surface area contributed by atoms with Crippen LogP contribution in [0.15, 0.2) is 77.4 Å². The molecule has 4 aliphatic rings. The summed E-state index contributed by atoms with van der Waals surface area (Å²) in [6.45, 7) is 7.28. The number of anilines is 1. The normalized spacial score (nSPS) is 24.4. The minimum Gasteiger partial charge on any atom is -0.378 e. The van der Waals surface area contributed by atoms with Gasteiger partial charge in [0.2, 0.25) is 0 Å². The van der Waals surface area contributed by atoms with E-state index >= 15 is 0 Å². The Balaban J connectivity index is 1.26. The van der Waals surface area contributed by atoms with Crippen LogP contribution in [0.1, 0.15) is 24.8 Å². The molecule has 0 saturated carbocycles. The highest BCUT2D eigenvalue weighted by molar-refractivity contribution is 5.93. The molecule has 166 valence electrons. The second kappa shape index (κ2) is 10.3. The molecule has 1 aromatic rings. The van der Waals surface area contributed by atoms with Crippen molar-refractivity contribution in [2.45, 2.75) is 19.3 Å². The van der Waals surface area contributed by atoms with E-state index in [0.29, 0.717) is 0 Å². The maximum atomic E-state index is 5.49. The molecule has 2 aliphatic carbocycles. The molecule has 0 aromatic heterocycles. The van der Waals surface area contributed by atoms with Gasteiger partial charge < -0.3 is 14.4 Å². The van der Waals surface area contributed by atoms with Gasteiger partial charge in [0.25, 0.3) is 0 Å². The van der Waals surface area contributed by atoms with Gasteiger partial charge in [0.05, 0.1) is 19.6 Å². The number of rotatable bonds is 3. The summed E-state index contributed by atoms with van der Waals surface area (Å²) in [4.78, 5) is 2.40. The molecule has 0 unspecified atom stereocenters. The second-order valence-electron chi connectivity index (χ2n) is 8.80. The molecule has 2 saturated heterocycles. The Morgan fingerprint density at radius 3 is 2.41 bits per heavy atom. The van der Waals surface area contributed by atoms with Crippen LogP contribution >= 0.6 is 0 Å². The van der Waals surface area contributed by atoms with Crippen molar-refractivity contribution >= 4 is 17.5 Å². The highest BCUT2D eigenvalue weighted by Gasteiger charge is 2.17. The predicted octanol–water partition coefficient (Wildman–Crippen LogP) is 4.55. The minimum absolute atomic E-state index is 0.825. The van der Waals surface area contributed by atoms with Crippen LogP contribution in [0.2, 0.25) is 0 Å². The maximum Gasteiger partial charge on any atom is 0.179 e. The Morgan fingerprint density at radius 1 is 0.812 bits per heavy atom. The van der Waals surface area contributed by atoms with Crippen LogP contribution < -0.4 is 4.90 Å². The molecule has 4 heteroatoms. The highest BCUT2D eigenvalue weighted by atomic mass is 16.5. The summed E-state index contributed by atoms with van der Waals surface area (Å²) in [7, 11) is 0. The summed E-state index contributed by atoms with van der Waals surface area (Å²) in [6, 6.07) is 8.95. The number of benzene rings is 1. The molecule has 1 aromatic carbocycles. The van der Waals surface area contributed by atoms with Crippen molar-refractivity contribution in [3.05, 3.63) is 83.0 Å². The number of hydrogen-bond donors (Lipinski definition) is 0. The first-order valence-corrected chi connectivity index (χ1v) is 11.9. The van der Waals surface area contributed by atoms with Gasteiger partial charge >= 0.3 is 0 Å². The topological polar surface area (TPSA) is 24.7 Å². The summed E-state index contributed by atoms with van der Waals surface area (Å²) in [5, 5.41) is 0. The largest absolute Gasteiger partial charge is 0.378 e. The fourth-order valence-electron chi connectivity index (χ4n) is 4.74. The van der Waals surface area contributed by atoms with Crippen molar-refractivity contribution in [1.29, 1.82) is 0 Å². The molecule has 0 atom stereocenters. The third-order valence-electron chi connectivity index (χ3n) is 6.57. The molecule has 2 heterocycles. The summed E-state index contributed by atoms with van der Waals surface area (Å²) >= 11 is 0. The highest BCUT2D eigenvalue weighted by Crippen LogP contribution is 2.28. The van der Waals surface area contributed by atoms with Gasteiger partial charge in [-0.2, -0.15) is 0 Å². The van der Waals surface area contributed by atoms with E-state index in [-0.39, 0.29) is 0 Å². The fraction of sp³-hybridized carbons (Fsp3) is 0.393. The van der Waals surface area contributed by atoms with Crippen molar-refractivity contribution in [3.63, 3.8) is 0 Å². The molecule has 0 bridgehead atoms. The lowest BCUT2D eigenvalue weighted by molar-refractivity contribution is -0.549. The average molecular weight is 430 g/mol. The van der Waals surface area contributed by atoms with E-state index < -0.39 is 0 Å². The molecular formula is C28H33N2O2+. The Labute approximate surface area is 191 Å². The Bertz CT molecular complexity index is 994. The lowest BCUT2D eigenvalue weighted by Gasteiger charge is -2.28. The van der Waals surface area contributed by atoms with E-state index in [1.807, 2.05) is 0 Å². The van der Waals surface area contributed by atoms with E-state index in [4.69, 9.17) is 9.47 Å². The van der Waals surface area contributed by atoms with Crippen LogP contribution in [0.25, 0.3) is 6.08 Å². The van der Waals surface area contributed by atoms with E-state index in [1.54, 1.807) is 0 Å². The lowest BCUT2D eigenvalue weighted by Crippen LogP contribution is -2.36. The van der Waals surface area contributed by atoms with Gasteiger partial charge in [-0.1, -0.05) is 42.5 Å². The zero-order valence-electron chi connectivity index (χ0n) is 18.8. The Kier molecular flexibility index (Phi) is 6.80. The van der Waals surface area contributed by atoms with E-state index in [0.717, 1.165) is 71.9 Å². The third kappa shape index (κ3) is 5.37. The number of morpholine rings is 2. The maximum absolute atomic E-state index is 5.49. The molecule has 5 rings (SSSR count). The Hall–Kier alpha value is -2.69. The van der Waals surface area contributed by atoms with Crippen LogP contribution in [0, 0.1) is 0 Å². The lowest BCUT2D eigenvalue weighted by atomic mass is 10.1. The summed E-state index contributed by atoms with van der Waals surface area (Å²) in [5.41, 5.74) is 8.09. The molecule has 0 spiro atoms. The smallest absolute Gasteiger partial charge is 0.179 e. The van der Waals surface area contributed by atoms with Gasteiger partial charge in [-0.25, -0.2) is 4.58 Å². The zero-order valence-corrected chi connectivity index (χ0v) is 18.8. The van der Waals surface area contributed by atoms with Crippen LogP contribution in [-0.2, 0) is 9.47 Å². The second-order valence-corrected chi connectivity index (χ2v) is 8.80. The molecular weight excluding hydrogens is 396 g/mol. The van der Waals surface area contributed by atoms with Crippen molar-refractivity contribution in [2.24, 2.45) is 0 Å². The third-order valence-corrected chi connectivity index (χ3v) is 6.57. The van der Waals surface area contributed by atoms with E-state index in [1.165, 1.54) is 33.7 Å². The SMILES string of the molecule is C1=C/C(=C/C2=CC(=C/c3ccc(N4CCOCC4)cc3)/CC2)C=CC(=[N+]2CCOCC2)C1. The number of allylic oxidation sites excluding steroid dienone is 9. The van der Waals surface area contributed by atoms with Crippen molar-refractivity contribution < 1.29 is 14.0 Å². The summed E-state index contributed by atoms with van der Waals surface area (Å²) in [6.07, 6.45) is 19.4. The molecule has 2 fully saturated rings. The zero-order chi connectivity index (χ0) is 21.6. The molecule has 2 aliphatic heterocycles. The van der Waals surface area contributed by atoms with Crippen LogP contribution in [0.3, 0.4) is 0 Å². The van der Waals surface area contributed by atoms with E-state index in [2.05, 4.69) is 76.3 Å². The number of nitrogens with zero attached hydrogens (tertiary/aromatic N) is 2. The number of hydrogen-bond acceptors (Lipinski definition) is 3. The van der Waals surface area contributed by atoms with E-state index in [9.17, 15) is 0 Å². The number of ether oxygens (including phenoxy) is 2. The van der Waals surface area contributed by atoms with Gasteiger partial charge in [0.1, 0.15) is 13.2 Å². The van der Waals surface area contributed by atoms with Crippen molar-refractivity contribution in [3.8, 4) is 0 Å².